The lowest BCUT2D eigenvalue weighted by atomic mass is 10.0. The number of phenols is 1. The molecule has 5 nitrogen and oxygen atoms in total. The molecule has 1 unspecified atom stereocenters. The van der Waals surface area contributed by atoms with Crippen molar-refractivity contribution in [2.45, 2.75) is 32.9 Å². The maximum atomic E-state index is 13.3. The molecule has 0 saturated carbocycles. The van der Waals surface area contributed by atoms with Crippen LogP contribution in [0.25, 0.3) is 0 Å². The number of carbonyl (C=O) groups is 2. The molecule has 0 saturated heterocycles. The first-order valence-corrected chi connectivity index (χ1v) is 5.75. The van der Waals surface area contributed by atoms with E-state index in [1.807, 2.05) is 0 Å². The van der Waals surface area contributed by atoms with Crippen molar-refractivity contribution in [2.75, 3.05) is 0 Å². The molecule has 0 bridgehead atoms. The summed E-state index contributed by atoms with van der Waals surface area (Å²) in [5.74, 6) is -3.16. The monoisotopic (exact) mass is 269 g/mol. The largest absolute Gasteiger partial charge is 0.505 e. The van der Waals surface area contributed by atoms with Gasteiger partial charge in [0.1, 0.15) is 0 Å². The topological polar surface area (TPSA) is 77.8 Å². The van der Waals surface area contributed by atoms with Gasteiger partial charge in [0.05, 0.1) is 0 Å². The molecule has 1 aromatic rings. The van der Waals surface area contributed by atoms with Crippen LogP contribution in [0.15, 0.2) is 18.2 Å². The first-order chi connectivity index (χ1) is 8.75. The van der Waals surface area contributed by atoms with E-state index in [1.54, 1.807) is 13.8 Å². The molecule has 0 aromatic heterocycles. The van der Waals surface area contributed by atoms with Crippen LogP contribution in [-0.4, -0.2) is 33.0 Å². The van der Waals surface area contributed by atoms with Crippen molar-refractivity contribution in [2.24, 2.45) is 0 Å². The Balaban J connectivity index is 3.30. The predicted octanol–water partition coefficient (Wildman–Crippen LogP) is 1.91. The zero-order chi connectivity index (χ0) is 14.7. The number of carboxylic acids is 1. The zero-order valence-corrected chi connectivity index (χ0v) is 10.9. The molecule has 0 aliphatic carbocycles. The summed E-state index contributed by atoms with van der Waals surface area (Å²) in [6.07, 6.45) is 0. The minimum absolute atomic E-state index is 0.103. The van der Waals surface area contributed by atoms with E-state index in [9.17, 15) is 19.1 Å². The highest BCUT2D eigenvalue weighted by Gasteiger charge is 2.31. The van der Waals surface area contributed by atoms with Crippen LogP contribution in [0.4, 0.5) is 4.39 Å². The summed E-state index contributed by atoms with van der Waals surface area (Å²) in [4.78, 5) is 24.1. The smallest absolute Gasteiger partial charge is 0.331 e. The lowest BCUT2D eigenvalue weighted by Gasteiger charge is -2.31. The summed E-state index contributed by atoms with van der Waals surface area (Å²) < 4.78 is 13.3. The minimum Gasteiger partial charge on any atom is -0.505 e. The molecule has 0 radical (unpaired) electrons. The highest BCUT2D eigenvalue weighted by Crippen LogP contribution is 2.27. The fraction of sp³-hybridized carbons (Fsp3) is 0.385. The standard InChI is InChI=1S/C13H16FNO4/c1-7(2)15(8(3)16)12(13(18)19)9-4-5-11(17)10(14)6-9/h4-7,12,17H,1-3H3,(H,18,19). The Hall–Kier alpha value is -2.11. The van der Waals surface area contributed by atoms with E-state index in [4.69, 9.17) is 5.11 Å². The second-order valence-electron chi connectivity index (χ2n) is 4.47. The molecule has 1 aromatic carbocycles. The summed E-state index contributed by atoms with van der Waals surface area (Å²) in [5, 5.41) is 18.4. The molecule has 0 fully saturated rings. The summed E-state index contributed by atoms with van der Waals surface area (Å²) in [6.45, 7) is 4.61. The maximum Gasteiger partial charge on any atom is 0.331 e. The van der Waals surface area contributed by atoms with Crippen molar-refractivity contribution in [3.63, 3.8) is 0 Å². The van der Waals surface area contributed by atoms with Crippen molar-refractivity contribution in [3.05, 3.63) is 29.6 Å². The Morgan fingerprint density at radius 2 is 1.89 bits per heavy atom. The number of aliphatic carboxylic acids is 1. The Bertz CT molecular complexity index is 501. The van der Waals surface area contributed by atoms with Crippen molar-refractivity contribution in [1.29, 1.82) is 0 Å². The van der Waals surface area contributed by atoms with E-state index in [2.05, 4.69) is 0 Å². The van der Waals surface area contributed by atoms with Crippen LogP contribution in [0, 0.1) is 5.82 Å². The average molecular weight is 269 g/mol. The molecule has 1 atom stereocenters. The Labute approximate surface area is 110 Å². The van der Waals surface area contributed by atoms with Gasteiger partial charge in [-0.05, 0) is 31.5 Å². The summed E-state index contributed by atoms with van der Waals surface area (Å²) in [5.41, 5.74) is 0.103. The van der Waals surface area contributed by atoms with Crippen LogP contribution in [0.2, 0.25) is 0 Å². The number of phenolic OH excluding ortho intramolecular Hbond substituents is 1. The van der Waals surface area contributed by atoms with Crippen LogP contribution in [0.5, 0.6) is 5.75 Å². The minimum atomic E-state index is -1.28. The van der Waals surface area contributed by atoms with Crippen LogP contribution in [0.3, 0.4) is 0 Å². The van der Waals surface area contributed by atoms with E-state index in [1.165, 1.54) is 13.0 Å². The fourth-order valence-corrected chi connectivity index (χ4v) is 1.96. The third-order valence-corrected chi connectivity index (χ3v) is 2.72. The molecule has 1 amide bonds. The van der Waals surface area contributed by atoms with Gasteiger partial charge in [0.2, 0.25) is 5.91 Å². The third kappa shape index (κ3) is 3.21. The number of carboxylic acid groups (broad SMARTS) is 1. The zero-order valence-electron chi connectivity index (χ0n) is 10.9. The highest BCUT2D eigenvalue weighted by molar-refractivity contribution is 5.83. The summed E-state index contributed by atoms with van der Waals surface area (Å²) >= 11 is 0. The molecular weight excluding hydrogens is 253 g/mol. The van der Waals surface area contributed by atoms with Gasteiger partial charge in [0.25, 0.3) is 0 Å². The van der Waals surface area contributed by atoms with Crippen molar-refractivity contribution < 1.29 is 24.2 Å². The van der Waals surface area contributed by atoms with E-state index in [0.717, 1.165) is 17.0 Å². The molecule has 104 valence electrons. The quantitative estimate of drug-likeness (QED) is 0.875. The normalized spacial score (nSPS) is 12.3. The second-order valence-corrected chi connectivity index (χ2v) is 4.47. The van der Waals surface area contributed by atoms with Gasteiger partial charge in [-0.1, -0.05) is 6.07 Å². The number of aromatic hydroxyl groups is 1. The summed E-state index contributed by atoms with van der Waals surface area (Å²) in [6, 6.07) is 1.64. The van der Waals surface area contributed by atoms with E-state index in [-0.39, 0.29) is 11.6 Å². The van der Waals surface area contributed by atoms with Crippen LogP contribution in [0.1, 0.15) is 32.4 Å². The number of halogens is 1. The molecule has 0 spiro atoms. The van der Waals surface area contributed by atoms with Gasteiger partial charge >= 0.3 is 5.97 Å². The molecule has 19 heavy (non-hydrogen) atoms. The maximum absolute atomic E-state index is 13.3. The van der Waals surface area contributed by atoms with Crippen LogP contribution < -0.4 is 0 Å². The third-order valence-electron chi connectivity index (χ3n) is 2.72. The molecule has 2 N–H and O–H groups in total. The number of rotatable bonds is 4. The van der Waals surface area contributed by atoms with Crippen LogP contribution in [-0.2, 0) is 9.59 Å². The number of nitrogens with zero attached hydrogens (tertiary/aromatic N) is 1. The van der Waals surface area contributed by atoms with Gasteiger partial charge in [0, 0.05) is 13.0 Å². The van der Waals surface area contributed by atoms with Gasteiger partial charge in [-0.3, -0.25) is 4.79 Å². The number of hydrogen-bond donors (Lipinski definition) is 2. The van der Waals surface area contributed by atoms with Gasteiger partial charge in [-0.25, -0.2) is 9.18 Å². The SMILES string of the molecule is CC(=O)N(C(C)C)C(C(=O)O)c1ccc(O)c(F)c1. The van der Waals surface area contributed by atoms with E-state index < -0.39 is 29.5 Å². The van der Waals surface area contributed by atoms with Crippen molar-refractivity contribution in [1.82, 2.24) is 4.90 Å². The second kappa shape index (κ2) is 5.69. The highest BCUT2D eigenvalue weighted by atomic mass is 19.1. The Kier molecular flexibility index (Phi) is 4.47. The lowest BCUT2D eigenvalue weighted by molar-refractivity contribution is -0.151. The number of carbonyl (C=O) groups excluding carboxylic acids is 1. The van der Waals surface area contributed by atoms with Gasteiger partial charge < -0.3 is 15.1 Å². The number of hydrogen-bond acceptors (Lipinski definition) is 3. The molecule has 1 rings (SSSR count). The van der Waals surface area contributed by atoms with Gasteiger partial charge in [0.15, 0.2) is 17.6 Å². The van der Waals surface area contributed by atoms with Gasteiger partial charge in [-0.2, -0.15) is 0 Å². The summed E-state index contributed by atoms with van der Waals surface area (Å²) in [7, 11) is 0. The molecule has 0 heterocycles. The first kappa shape index (κ1) is 14.9. The molecule has 0 aliphatic rings. The Morgan fingerprint density at radius 3 is 2.26 bits per heavy atom. The Morgan fingerprint density at radius 1 is 1.32 bits per heavy atom. The molecular formula is C13H16FNO4. The van der Waals surface area contributed by atoms with Crippen LogP contribution >= 0.6 is 0 Å². The van der Waals surface area contributed by atoms with E-state index in [0.29, 0.717) is 0 Å². The van der Waals surface area contributed by atoms with E-state index >= 15 is 0 Å². The fourth-order valence-electron chi connectivity index (χ4n) is 1.96. The van der Waals surface area contributed by atoms with Crippen molar-refractivity contribution >= 4 is 11.9 Å². The lowest BCUT2D eigenvalue weighted by Crippen LogP contribution is -2.42. The van der Waals surface area contributed by atoms with Crippen molar-refractivity contribution in [3.8, 4) is 5.75 Å². The average Bonchev–Trinajstić information content (AvgIpc) is 2.28. The first-order valence-electron chi connectivity index (χ1n) is 5.75. The number of benzene rings is 1. The predicted molar refractivity (Wildman–Crippen MR) is 66.1 cm³/mol. The van der Waals surface area contributed by atoms with Gasteiger partial charge in [-0.15, -0.1) is 0 Å². The number of amides is 1. The molecule has 0 aliphatic heterocycles. The molecule has 6 heteroatoms.